The summed E-state index contributed by atoms with van der Waals surface area (Å²) in [6.45, 7) is 0.408. The Morgan fingerprint density at radius 2 is 1.63 bits per heavy atom. The van der Waals surface area contributed by atoms with Crippen LogP contribution in [0.3, 0.4) is 0 Å². The normalized spacial score (nSPS) is 15.8. The molecule has 1 aliphatic rings. The standard InChI is InChI=1S/C14H15BrFNO2/c15-12(16)8-2-1-5-9-17-13(18)10-6-3-4-7-11(10)14(17)19/h3-4,6-7,12H,1-2,5,8-9H2. The lowest BCUT2D eigenvalue weighted by molar-refractivity contribution is 0.0651. The quantitative estimate of drug-likeness (QED) is 0.455. The molecule has 2 rings (SSSR count). The van der Waals surface area contributed by atoms with Crippen molar-refractivity contribution in [2.45, 2.75) is 30.8 Å². The molecule has 3 nitrogen and oxygen atoms in total. The molecule has 0 spiro atoms. The first kappa shape index (κ1) is 14.2. The zero-order chi connectivity index (χ0) is 13.8. The first-order chi connectivity index (χ1) is 9.11. The second-order valence-electron chi connectivity index (χ2n) is 4.55. The zero-order valence-electron chi connectivity index (χ0n) is 10.4. The van der Waals surface area contributed by atoms with Crippen LogP contribution in [0.1, 0.15) is 46.4 Å². The number of benzene rings is 1. The Morgan fingerprint density at radius 1 is 1.05 bits per heavy atom. The van der Waals surface area contributed by atoms with Crippen LogP contribution in [0.2, 0.25) is 0 Å². The van der Waals surface area contributed by atoms with Gasteiger partial charge in [-0.15, -0.1) is 0 Å². The molecule has 1 aliphatic heterocycles. The average Bonchev–Trinajstić information content (AvgIpc) is 2.63. The van der Waals surface area contributed by atoms with E-state index in [4.69, 9.17) is 0 Å². The van der Waals surface area contributed by atoms with E-state index in [0.717, 1.165) is 12.8 Å². The molecule has 0 radical (unpaired) electrons. The van der Waals surface area contributed by atoms with Gasteiger partial charge in [-0.3, -0.25) is 14.5 Å². The number of fused-ring (bicyclic) bond motifs is 1. The number of unbranched alkanes of at least 4 members (excludes halogenated alkanes) is 2. The SMILES string of the molecule is O=C1c2ccccc2C(=O)N1CCCCCC(F)Br. The van der Waals surface area contributed by atoms with Crippen molar-refractivity contribution in [3.8, 4) is 0 Å². The van der Waals surface area contributed by atoms with E-state index in [0.29, 0.717) is 30.5 Å². The van der Waals surface area contributed by atoms with Gasteiger partial charge in [-0.05, 0) is 31.4 Å². The minimum Gasteiger partial charge on any atom is -0.274 e. The zero-order valence-corrected chi connectivity index (χ0v) is 12.0. The Labute approximate surface area is 119 Å². The molecule has 1 atom stereocenters. The van der Waals surface area contributed by atoms with Crippen LogP contribution in [0.5, 0.6) is 0 Å². The highest BCUT2D eigenvalue weighted by Crippen LogP contribution is 2.23. The highest BCUT2D eigenvalue weighted by atomic mass is 79.9. The van der Waals surface area contributed by atoms with Crippen LogP contribution in [-0.2, 0) is 0 Å². The molecule has 102 valence electrons. The third kappa shape index (κ3) is 3.21. The Balaban J connectivity index is 1.87. The Kier molecular flexibility index (Phi) is 4.69. The number of rotatable bonds is 6. The molecule has 0 N–H and O–H groups in total. The lowest BCUT2D eigenvalue weighted by Gasteiger charge is -2.13. The van der Waals surface area contributed by atoms with Crippen molar-refractivity contribution in [3.63, 3.8) is 0 Å². The van der Waals surface area contributed by atoms with E-state index in [1.807, 2.05) is 0 Å². The topological polar surface area (TPSA) is 37.4 Å². The van der Waals surface area contributed by atoms with E-state index in [-0.39, 0.29) is 11.8 Å². The number of hydrogen-bond acceptors (Lipinski definition) is 2. The minimum atomic E-state index is -0.966. The number of carbonyl (C=O) groups excluding carboxylic acids is 2. The average molecular weight is 328 g/mol. The minimum absolute atomic E-state index is 0.218. The molecule has 0 saturated heterocycles. The molecule has 0 fully saturated rings. The van der Waals surface area contributed by atoms with Crippen LogP contribution < -0.4 is 0 Å². The molecule has 0 aliphatic carbocycles. The number of hydrogen-bond donors (Lipinski definition) is 0. The van der Waals surface area contributed by atoms with Crippen LogP contribution in [0, 0.1) is 0 Å². The van der Waals surface area contributed by atoms with Gasteiger partial charge < -0.3 is 0 Å². The maximum Gasteiger partial charge on any atom is 0.261 e. The number of halogens is 2. The lowest BCUT2D eigenvalue weighted by Crippen LogP contribution is -2.30. The smallest absolute Gasteiger partial charge is 0.261 e. The second-order valence-corrected chi connectivity index (χ2v) is 5.54. The summed E-state index contributed by atoms with van der Waals surface area (Å²) in [6.07, 6.45) is 2.72. The molecule has 1 heterocycles. The number of alkyl halides is 2. The molecule has 0 saturated carbocycles. The van der Waals surface area contributed by atoms with Crippen molar-refractivity contribution < 1.29 is 14.0 Å². The fourth-order valence-corrected chi connectivity index (χ4v) is 2.51. The number of imide groups is 1. The van der Waals surface area contributed by atoms with Crippen LogP contribution in [0.4, 0.5) is 4.39 Å². The molecule has 5 heteroatoms. The predicted molar refractivity (Wildman–Crippen MR) is 74.1 cm³/mol. The van der Waals surface area contributed by atoms with E-state index in [1.165, 1.54) is 4.90 Å². The summed E-state index contributed by atoms with van der Waals surface area (Å²) in [5, 5.41) is -0.966. The summed E-state index contributed by atoms with van der Waals surface area (Å²) in [5.74, 6) is -0.436. The van der Waals surface area contributed by atoms with Crippen molar-refractivity contribution in [1.29, 1.82) is 0 Å². The van der Waals surface area contributed by atoms with Gasteiger partial charge >= 0.3 is 0 Å². The molecule has 19 heavy (non-hydrogen) atoms. The van der Waals surface area contributed by atoms with Gasteiger partial charge in [0.2, 0.25) is 0 Å². The van der Waals surface area contributed by atoms with Crippen LogP contribution >= 0.6 is 15.9 Å². The summed E-state index contributed by atoms with van der Waals surface area (Å²) in [6, 6.07) is 6.86. The van der Waals surface area contributed by atoms with Gasteiger partial charge in [-0.2, -0.15) is 0 Å². The number of nitrogens with zero attached hydrogens (tertiary/aromatic N) is 1. The highest BCUT2D eigenvalue weighted by Gasteiger charge is 2.34. The van der Waals surface area contributed by atoms with Gasteiger partial charge in [0.1, 0.15) is 0 Å². The van der Waals surface area contributed by atoms with Crippen molar-refractivity contribution >= 4 is 27.7 Å². The third-order valence-electron chi connectivity index (χ3n) is 3.18. The van der Waals surface area contributed by atoms with Crippen molar-refractivity contribution in [1.82, 2.24) is 4.90 Å². The van der Waals surface area contributed by atoms with Crippen LogP contribution in [0.25, 0.3) is 0 Å². The van der Waals surface area contributed by atoms with Gasteiger partial charge in [0.15, 0.2) is 5.08 Å². The Morgan fingerprint density at radius 3 is 2.16 bits per heavy atom. The summed E-state index contributed by atoms with van der Waals surface area (Å²) in [7, 11) is 0. The van der Waals surface area contributed by atoms with Crippen molar-refractivity contribution in [2.75, 3.05) is 6.54 Å². The van der Waals surface area contributed by atoms with E-state index in [1.54, 1.807) is 24.3 Å². The number of amides is 2. The van der Waals surface area contributed by atoms with Crippen molar-refractivity contribution in [2.24, 2.45) is 0 Å². The largest absolute Gasteiger partial charge is 0.274 e. The van der Waals surface area contributed by atoms with E-state index in [2.05, 4.69) is 15.9 Å². The fraction of sp³-hybridized carbons (Fsp3) is 0.429. The first-order valence-electron chi connectivity index (χ1n) is 6.34. The summed E-state index contributed by atoms with van der Waals surface area (Å²) >= 11 is 2.85. The van der Waals surface area contributed by atoms with Gasteiger partial charge in [0.25, 0.3) is 11.8 Å². The van der Waals surface area contributed by atoms with Crippen LogP contribution in [-0.4, -0.2) is 28.3 Å². The summed E-state index contributed by atoms with van der Waals surface area (Å²) < 4.78 is 12.5. The van der Waals surface area contributed by atoms with Gasteiger partial charge in [0, 0.05) is 6.54 Å². The molecule has 0 bridgehead atoms. The molecule has 2 amide bonds. The van der Waals surface area contributed by atoms with E-state index < -0.39 is 5.08 Å². The summed E-state index contributed by atoms with van der Waals surface area (Å²) in [5.41, 5.74) is 0.966. The Hall–Kier alpha value is -1.23. The molecular formula is C14H15BrFNO2. The molecular weight excluding hydrogens is 313 g/mol. The van der Waals surface area contributed by atoms with Crippen LogP contribution in [0.15, 0.2) is 24.3 Å². The van der Waals surface area contributed by atoms with Gasteiger partial charge in [-0.1, -0.05) is 34.5 Å². The molecule has 1 aromatic carbocycles. The van der Waals surface area contributed by atoms with E-state index in [9.17, 15) is 14.0 Å². The maximum absolute atomic E-state index is 12.5. The van der Waals surface area contributed by atoms with Gasteiger partial charge in [-0.25, -0.2) is 4.39 Å². The number of carbonyl (C=O) groups is 2. The third-order valence-corrected chi connectivity index (χ3v) is 3.64. The van der Waals surface area contributed by atoms with Gasteiger partial charge in [0.05, 0.1) is 11.1 Å². The first-order valence-corrected chi connectivity index (χ1v) is 7.26. The molecule has 1 unspecified atom stereocenters. The van der Waals surface area contributed by atoms with E-state index >= 15 is 0 Å². The summed E-state index contributed by atoms with van der Waals surface area (Å²) in [4.78, 5) is 25.3. The maximum atomic E-state index is 12.5. The van der Waals surface area contributed by atoms with Crippen molar-refractivity contribution in [3.05, 3.63) is 35.4 Å². The lowest BCUT2D eigenvalue weighted by atomic mass is 10.1. The fourth-order valence-electron chi connectivity index (χ4n) is 2.19. The monoisotopic (exact) mass is 327 g/mol. The highest BCUT2D eigenvalue weighted by molar-refractivity contribution is 9.09. The predicted octanol–water partition coefficient (Wildman–Crippen LogP) is 3.53. The second kappa shape index (κ2) is 6.28. The molecule has 0 aromatic heterocycles. The molecule has 1 aromatic rings. The Bertz CT molecular complexity index is 455.